The number of nitrogens with zero attached hydrogens (tertiary/aromatic N) is 5. The summed E-state index contributed by atoms with van der Waals surface area (Å²) in [6, 6.07) is 7.60. The molecule has 0 aliphatic carbocycles. The van der Waals surface area contributed by atoms with E-state index in [0.717, 1.165) is 31.5 Å². The third-order valence-electron chi connectivity index (χ3n) is 7.46. The third-order valence-corrected chi connectivity index (χ3v) is 7.46. The number of aromatic nitrogens is 4. The van der Waals surface area contributed by atoms with Gasteiger partial charge in [-0.05, 0) is 63.8 Å². The fourth-order valence-corrected chi connectivity index (χ4v) is 5.58. The van der Waals surface area contributed by atoms with E-state index < -0.39 is 5.82 Å². The molecule has 2 saturated heterocycles. The van der Waals surface area contributed by atoms with Gasteiger partial charge in [-0.25, -0.2) is 14.6 Å². The lowest BCUT2D eigenvalue weighted by atomic mass is 9.84. The molecule has 184 valence electrons. The van der Waals surface area contributed by atoms with Gasteiger partial charge in [0, 0.05) is 42.8 Å². The third kappa shape index (κ3) is 4.28. The summed E-state index contributed by atoms with van der Waals surface area (Å²) in [5, 5.41) is 22.0. The highest BCUT2D eigenvalue weighted by atomic mass is 19.1. The molecule has 1 aromatic carbocycles. The van der Waals surface area contributed by atoms with Gasteiger partial charge >= 0.3 is 0 Å². The molecule has 2 bridgehead atoms. The number of piperidine rings is 1. The van der Waals surface area contributed by atoms with Crippen LogP contribution in [0.3, 0.4) is 0 Å². The Morgan fingerprint density at radius 2 is 1.83 bits per heavy atom. The summed E-state index contributed by atoms with van der Waals surface area (Å²) < 4.78 is 16.3. The second kappa shape index (κ2) is 8.39. The highest BCUT2D eigenvalue weighted by Gasteiger charge is 2.49. The van der Waals surface area contributed by atoms with E-state index in [9.17, 15) is 10.1 Å². The lowest BCUT2D eigenvalue weighted by Gasteiger charge is -2.45. The molecule has 0 amide bonds. The summed E-state index contributed by atoms with van der Waals surface area (Å²) in [6.45, 7) is 4.56. The van der Waals surface area contributed by atoms with Gasteiger partial charge in [-0.2, -0.15) is 0 Å². The molecule has 4 heterocycles. The zero-order valence-corrected chi connectivity index (χ0v) is 20.2. The summed E-state index contributed by atoms with van der Waals surface area (Å²) in [4.78, 5) is 22.7. The van der Waals surface area contributed by atoms with Crippen LogP contribution >= 0.6 is 0 Å². The van der Waals surface area contributed by atoms with E-state index >= 15 is 4.39 Å². The van der Waals surface area contributed by atoms with Gasteiger partial charge in [-0.1, -0.05) is 0 Å². The van der Waals surface area contributed by atoms with Crippen LogP contribution in [0.2, 0.25) is 0 Å². The zero-order chi connectivity index (χ0) is 25.0. The van der Waals surface area contributed by atoms with Crippen LogP contribution in [0.15, 0.2) is 41.5 Å². The van der Waals surface area contributed by atoms with E-state index in [4.69, 9.17) is 0 Å². The molecule has 2 N–H and O–H groups in total. The maximum Gasteiger partial charge on any atom is 0.253 e. The molecule has 2 aromatic heterocycles. The van der Waals surface area contributed by atoms with Crippen LogP contribution in [0.25, 0.3) is 22.5 Å². The lowest BCUT2D eigenvalue weighted by molar-refractivity contribution is -0.137. The minimum Gasteiger partial charge on any atom is -0.355 e. The largest absolute Gasteiger partial charge is 0.355 e. The van der Waals surface area contributed by atoms with E-state index in [0.29, 0.717) is 11.7 Å². The smallest absolute Gasteiger partial charge is 0.253 e. The standard InChI is InChI=1S/C25H29FN6O3/c1-24-7-8-25(2,30-24)13-15(12-24)32(4)22-6-5-19(28-29-22)17-9-18(26)16(10-21(17)35-34)20-11-23(33)31(3)14-27-20/h5-6,9-11,14-15,30,34H,7-8,12-13H2,1-4H3/t15-,24-,25+. The van der Waals surface area contributed by atoms with Crippen LogP contribution < -0.4 is 20.7 Å². The number of rotatable bonds is 5. The fourth-order valence-electron chi connectivity index (χ4n) is 5.58. The maximum absolute atomic E-state index is 15.0. The number of hydrogen-bond acceptors (Lipinski definition) is 8. The van der Waals surface area contributed by atoms with Crippen molar-refractivity contribution in [2.24, 2.45) is 7.05 Å². The molecule has 3 atom stereocenters. The molecule has 2 aliphatic heterocycles. The average Bonchev–Trinajstić information content (AvgIpc) is 3.06. The molecule has 10 heteroatoms. The topological polar surface area (TPSA) is 105 Å². The first kappa shape index (κ1) is 23.4. The monoisotopic (exact) mass is 480 g/mol. The summed E-state index contributed by atoms with van der Waals surface area (Å²) in [5.41, 5.74) is 0.671. The lowest BCUT2D eigenvalue weighted by Crippen LogP contribution is -2.58. The van der Waals surface area contributed by atoms with Gasteiger partial charge in [0.25, 0.3) is 5.56 Å². The van der Waals surface area contributed by atoms with Gasteiger partial charge in [0.15, 0.2) is 11.6 Å². The second-order valence-electron chi connectivity index (χ2n) is 10.3. The van der Waals surface area contributed by atoms with Crippen molar-refractivity contribution in [2.75, 3.05) is 11.9 Å². The second-order valence-corrected chi connectivity index (χ2v) is 10.3. The van der Waals surface area contributed by atoms with Crippen LogP contribution in [0.5, 0.6) is 5.75 Å². The van der Waals surface area contributed by atoms with Gasteiger partial charge in [-0.15, -0.1) is 10.2 Å². The molecule has 0 radical (unpaired) electrons. The quantitative estimate of drug-likeness (QED) is 0.423. The number of anilines is 1. The highest BCUT2D eigenvalue weighted by molar-refractivity contribution is 5.74. The Labute approximate surface area is 202 Å². The van der Waals surface area contributed by atoms with Gasteiger partial charge in [-0.3, -0.25) is 4.79 Å². The Morgan fingerprint density at radius 3 is 2.43 bits per heavy atom. The number of aryl methyl sites for hydroxylation is 1. The van der Waals surface area contributed by atoms with Gasteiger partial charge in [0.2, 0.25) is 0 Å². The van der Waals surface area contributed by atoms with E-state index in [1.54, 1.807) is 13.1 Å². The molecule has 9 nitrogen and oxygen atoms in total. The number of benzene rings is 1. The van der Waals surface area contributed by atoms with Crippen molar-refractivity contribution >= 4 is 5.82 Å². The molecule has 2 aliphatic rings. The summed E-state index contributed by atoms with van der Waals surface area (Å²) >= 11 is 0. The molecule has 0 unspecified atom stereocenters. The summed E-state index contributed by atoms with van der Waals surface area (Å²) in [6.07, 6.45) is 5.68. The van der Waals surface area contributed by atoms with Crippen LogP contribution in [-0.4, -0.2) is 49.2 Å². The minimum absolute atomic E-state index is 0.0185. The Hall–Kier alpha value is -3.37. The van der Waals surface area contributed by atoms with E-state index in [1.165, 1.54) is 29.1 Å². The number of fused-ring (bicyclic) bond motifs is 2. The summed E-state index contributed by atoms with van der Waals surface area (Å²) in [5.74, 6) is 0.0754. The van der Waals surface area contributed by atoms with Crippen LogP contribution in [0.1, 0.15) is 39.5 Å². The fraction of sp³-hybridized carbons (Fsp3) is 0.440. The molecule has 0 saturated carbocycles. The van der Waals surface area contributed by atoms with Crippen LogP contribution in [0.4, 0.5) is 10.2 Å². The van der Waals surface area contributed by atoms with E-state index in [1.807, 2.05) is 13.1 Å². The first-order valence-electron chi connectivity index (χ1n) is 11.6. The van der Waals surface area contributed by atoms with Crippen molar-refractivity contribution < 1.29 is 14.5 Å². The molecule has 0 spiro atoms. The predicted molar refractivity (Wildman–Crippen MR) is 130 cm³/mol. The Morgan fingerprint density at radius 1 is 1.11 bits per heavy atom. The van der Waals surface area contributed by atoms with Crippen molar-refractivity contribution in [3.63, 3.8) is 0 Å². The Balaban J connectivity index is 1.42. The van der Waals surface area contributed by atoms with Crippen LogP contribution in [0, 0.1) is 5.82 Å². The summed E-state index contributed by atoms with van der Waals surface area (Å²) in [7, 11) is 3.58. The molecule has 3 aromatic rings. The normalized spacial score (nSPS) is 25.5. The molecule has 2 fully saturated rings. The predicted octanol–water partition coefficient (Wildman–Crippen LogP) is 3.39. The molecular formula is C25H29FN6O3. The van der Waals surface area contributed by atoms with Crippen molar-refractivity contribution in [1.29, 1.82) is 0 Å². The number of nitrogens with one attached hydrogen (secondary N) is 1. The van der Waals surface area contributed by atoms with Crippen molar-refractivity contribution in [3.8, 4) is 28.3 Å². The van der Waals surface area contributed by atoms with E-state index in [2.05, 4.69) is 44.1 Å². The Kier molecular flexibility index (Phi) is 5.60. The van der Waals surface area contributed by atoms with Gasteiger partial charge in [0.1, 0.15) is 5.82 Å². The van der Waals surface area contributed by atoms with Crippen molar-refractivity contribution in [1.82, 2.24) is 25.1 Å². The van der Waals surface area contributed by atoms with E-state index in [-0.39, 0.29) is 39.2 Å². The number of hydrogen-bond donors (Lipinski definition) is 2. The van der Waals surface area contributed by atoms with Gasteiger partial charge in [0.05, 0.1) is 23.3 Å². The average molecular weight is 481 g/mol. The van der Waals surface area contributed by atoms with Crippen LogP contribution in [-0.2, 0) is 7.05 Å². The van der Waals surface area contributed by atoms with Crippen molar-refractivity contribution in [3.05, 3.63) is 52.8 Å². The molecule has 35 heavy (non-hydrogen) atoms. The van der Waals surface area contributed by atoms with Crippen molar-refractivity contribution in [2.45, 2.75) is 56.7 Å². The zero-order valence-electron chi connectivity index (χ0n) is 20.2. The molecule has 5 rings (SSSR count). The van der Waals surface area contributed by atoms with Gasteiger partial charge < -0.3 is 19.7 Å². The highest BCUT2D eigenvalue weighted by Crippen LogP contribution is 2.44. The minimum atomic E-state index is -0.629. The Bertz CT molecular complexity index is 1310. The SMILES string of the molecule is CN(c1ccc(-c2cc(F)c(-c3cc(=O)n(C)cn3)cc2OO)nn1)[C@H]1C[C@]2(C)CC[C@](C)(C1)N2. The number of halogens is 1. The molecular weight excluding hydrogens is 451 g/mol. The first-order chi connectivity index (χ1) is 16.6. The maximum atomic E-state index is 15.0. The first-order valence-corrected chi connectivity index (χ1v) is 11.6.